The number of benzene rings is 1. The number of hydrogen-bond donors (Lipinski definition) is 2. The first-order valence-electron chi connectivity index (χ1n) is 22.9. The number of carbonyl (C=O) groups excluding carboxylic acids is 2. The number of ether oxygens (including phenoxy) is 8. The number of ketones is 1. The zero-order chi connectivity index (χ0) is 44.6. The first kappa shape index (κ1) is 47.4. The summed E-state index contributed by atoms with van der Waals surface area (Å²) < 4.78 is 79.9. The number of methoxy groups -OCH3 is 3. The van der Waals surface area contributed by atoms with E-state index in [9.17, 15) is 14.3 Å². The largest absolute Gasteiger partial charge is 0.462 e. The van der Waals surface area contributed by atoms with E-state index >= 15 is 9.18 Å². The molecular formula is C47H70F2N2O11. The number of carbonyl (C=O) groups is 2. The van der Waals surface area contributed by atoms with Gasteiger partial charge < -0.3 is 53.2 Å². The molecule has 0 spiro atoms. The van der Waals surface area contributed by atoms with Crippen LogP contribution in [0.25, 0.3) is 0 Å². The Morgan fingerprint density at radius 3 is 2.29 bits per heavy atom. The lowest BCUT2D eigenvalue weighted by Gasteiger charge is -2.47. The van der Waals surface area contributed by atoms with E-state index in [0.717, 1.165) is 12.5 Å². The van der Waals surface area contributed by atoms with Crippen molar-refractivity contribution in [2.45, 2.75) is 165 Å². The third-order valence-electron chi connectivity index (χ3n) is 15.2. The van der Waals surface area contributed by atoms with Gasteiger partial charge in [-0.25, -0.2) is 8.78 Å². The number of allylic oxidation sites excluding steroid dienone is 2. The first-order chi connectivity index (χ1) is 29.7. The van der Waals surface area contributed by atoms with E-state index in [2.05, 4.69) is 17.1 Å². The van der Waals surface area contributed by atoms with Crippen LogP contribution in [0.4, 0.5) is 14.5 Å². The van der Waals surface area contributed by atoms with Crippen LogP contribution >= 0.6 is 0 Å². The molecule has 0 aromatic heterocycles. The molecule has 3 aliphatic carbocycles. The number of halogens is 2. The fourth-order valence-electron chi connectivity index (χ4n) is 12.0. The van der Waals surface area contributed by atoms with Crippen molar-refractivity contribution in [1.82, 2.24) is 4.90 Å². The van der Waals surface area contributed by atoms with E-state index in [4.69, 9.17) is 37.9 Å². The zero-order valence-corrected chi connectivity index (χ0v) is 37.9. The molecule has 0 radical (unpaired) electrons. The van der Waals surface area contributed by atoms with Gasteiger partial charge in [0.1, 0.15) is 24.4 Å². The van der Waals surface area contributed by atoms with E-state index in [-0.39, 0.29) is 60.0 Å². The fraction of sp³-hybridized carbons (Fsp3) is 0.787. The Morgan fingerprint density at radius 1 is 0.887 bits per heavy atom. The van der Waals surface area contributed by atoms with Crippen molar-refractivity contribution in [2.75, 3.05) is 40.7 Å². The average molecular weight is 877 g/mol. The van der Waals surface area contributed by atoms with Crippen molar-refractivity contribution in [1.29, 1.82) is 0 Å². The minimum atomic E-state index is -1.08. The summed E-state index contributed by atoms with van der Waals surface area (Å²) in [4.78, 5) is 31.3. The molecule has 0 amide bonds. The van der Waals surface area contributed by atoms with Gasteiger partial charge in [-0.2, -0.15) is 0 Å². The topological polar surface area (TPSA) is 143 Å². The lowest BCUT2D eigenvalue weighted by Crippen LogP contribution is -2.59. The van der Waals surface area contributed by atoms with E-state index in [1.807, 2.05) is 40.9 Å². The molecule has 3 aliphatic heterocycles. The highest BCUT2D eigenvalue weighted by Crippen LogP contribution is 2.57. The number of esters is 1. The van der Waals surface area contributed by atoms with Crippen molar-refractivity contribution in [2.24, 2.45) is 35.5 Å². The smallest absolute Gasteiger partial charge is 0.306 e. The summed E-state index contributed by atoms with van der Waals surface area (Å²) in [6.07, 6.45) is 1.47. The number of aliphatic hydroxyl groups is 1. The van der Waals surface area contributed by atoms with E-state index in [1.54, 1.807) is 21.3 Å². The Labute approximate surface area is 365 Å². The number of nitrogens with one attached hydrogen (secondary N) is 1. The van der Waals surface area contributed by atoms with Crippen molar-refractivity contribution in [3.63, 3.8) is 0 Å². The van der Waals surface area contributed by atoms with Crippen LogP contribution < -0.4 is 5.32 Å². The molecule has 1 aromatic carbocycles. The molecule has 348 valence electrons. The van der Waals surface area contributed by atoms with Gasteiger partial charge in [-0.15, -0.1) is 0 Å². The number of rotatable bonds is 11. The molecule has 1 aromatic rings. The molecule has 0 bridgehead atoms. The quantitative estimate of drug-likeness (QED) is 0.250. The van der Waals surface area contributed by atoms with Crippen LogP contribution in [0.3, 0.4) is 0 Å². The molecule has 2 N–H and O–H groups in total. The predicted molar refractivity (Wildman–Crippen MR) is 225 cm³/mol. The molecular weight excluding hydrogens is 807 g/mol. The summed E-state index contributed by atoms with van der Waals surface area (Å²) in [5, 5.41) is 15.7. The molecule has 62 heavy (non-hydrogen) atoms. The summed E-state index contributed by atoms with van der Waals surface area (Å²) in [5.41, 5.74) is 0.378. The molecule has 15 heteroatoms. The number of anilines is 1. The van der Waals surface area contributed by atoms with Crippen molar-refractivity contribution < 1.29 is 61.4 Å². The lowest BCUT2D eigenvalue weighted by atomic mass is 9.62. The number of Topliss-reactive ketones (excluding diaryl/α,β-unsaturated/α-hetero) is 1. The third-order valence-corrected chi connectivity index (χ3v) is 15.2. The van der Waals surface area contributed by atoms with E-state index in [1.165, 1.54) is 12.1 Å². The minimum Gasteiger partial charge on any atom is -0.462 e. The van der Waals surface area contributed by atoms with E-state index < -0.39 is 90.6 Å². The van der Waals surface area contributed by atoms with Crippen LogP contribution in [-0.2, 0) is 47.5 Å². The Morgan fingerprint density at radius 2 is 1.61 bits per heavy atom. The van der Waals surface area contributed by atoms with Gasteiger partial charge in [0.05, 0.1) is 48.7 Å². The Balaban J connectivity index is 1.23. The molecule has 3 heterocycles. The van der Waals surface area contributed by atoms with Crippen molar-refractivity contribution in [3.05, 3.63) is 41.5 Å². The fourth-order valence-corrected chi connectivity index (χ4v) is 12.0. The second kappa shape index (κ2) is 20.3. The number of nitrogens with zero attached hydrogens (tertiary/aromatic N) is 1. The van der Waals surface area contributed by atoms with Crippen LogP contribution in [0.2, 0.25) is 0 Å². The Hall–Kier alpha value is -2.60. The number of aliphatic hydroxyl groups excluding tert-OH is 1. The standard InChI is InChI=1S/C47H70F2N2O11/c1-10-26-13-11-16-36(62-38-18-17-35(51(5)6)24(3)58-38)23(2)42(53)32-21-29-28-19-27(61-47-46(57-9)45(56-8)44(55-7)25(4)59-47)20-31(28)43(54)41(39(29)30(32)22-37(52)60-26)50-34-15-12-14-33(48)40(34)49/h12,14-15,21,23-31,35-36,38-39,41,43-47,50,54H,10-11,13,16-20,22H2,1-9H3/t23-,24?,25?,26+,27+,28+,29+,30-,31-,35+,36+,38+,39-,41-,43-,44+,45?,46+,47+/m1/s1. The van der Waals surface area contributed by atoms with Gasteiger partial charge in [0.2, 0.25) is 0 Å². The monoisotopic (exact) mass is 876 g/mol. The molecule has 6 aliphatic rings. The Kier molecular flexibility index (Phi) is 15.5. The lowest BCUT2D eigenvalue weighted by molar-refractivity contribution is -0.314. The van der Waals surface area contributed by atoms with Gasteiger partial charge in [-0.3, -0.25) is 9.59 Å². The number of cyclic esters (lactones) is 1. The number of likely N-dealkylation sites (N-methyl/N-ethyl adjacent to an activating group) is 1. The highest BCUT2D eigenvalue weighted by Gasteiger charge is 2.60. The summed E-state index contributed by atoms with van der Waals surface area (Å²) in [7, 11) is 8.86. The predicted octanol–water partition coefficient (Wildman–Crippen LogP) is 6.05. The summed E-state index contributed by atoms with van der Waals surface area (Å²) >= 11 is 0. The molecule has 2 saturated carbocycles. The van der Waals surface area contributed by atoms with Crippen molar-refractivity contribution in [3.8, 4) is 0 Å². The third kappa shape index (κ3) is 9.53. The van der Waals surface area contributed by atoms with Gasteiger partial charge >= 0.3 is 5.97 Å². The maximum Gasteiger partial charge on any atom is 0.306 e. The van der Waals surface area contributed by atoms with Crippen LogP contribution in [0.5, 0.6) is 0 Å². The van der Waals surface area contributed by atoms with Crippen molar-refractivity contribution >= 4 is 17.4 Å². The van der Waals surface area contributed by atoms with Crippen LogP contribution in [0.1, 0.15) is 85.5 Å². The summed E-state index contributed by atoms with van der Waals surface area (Å²) in [6.45, 7) is 7.83. The number of hydrogen-bond acceptors (Lipinski definition) is 13. The highest BCUT2D eigenvalue weighted by atomic mass is 19.2. The summed E-state index contributed by atoms with van der Waals surface area (Å²) in [5.74, 6) is -5.38. The normalized spacial score (nSPS) is 42.9. The maximum absolute atomic E-state index is 15.5. The molecule has 5 fully saturated rings. The van der Waals surface area contributed by atoms with E-state index in [0.29, 0.717) is 50.5 Å². The average Bonchev–Trinajstić information content (AvgIpc) is 3.83. The van der Waals surface area contributed by atoms with Crippen LogP contribution in [-0.4, -0.2) is 137 Å². The van der Waals surface area contributed by atoms with Crippen LogP contribution in [0, 0.1) is 47.1 Å². The SMILES string of the molecule is CC[C@H]1CCC[C@H](O[C@H]2CC[C@H](N(C)C)C(C)O2)[C@@H](C)C(=O)C2=C[C@H]3[C@@H]4C[C@H](O[C@@H]5OC(C)[C@H](OC)C(OC)[C@@H]5OC)C[C@H]4[C@@H](O)[C@H](Nc4cccc(F)c4F)[C@H]3[C@@H]2CC(=O)O1. The zero-order valence-electron chi connectivity index (χ0n) is 37.9. The second-order valence-electron chi connectivity index (χ2n) is 18.9. The second-order valence-corrected chi connectivity index (χ2v) is 18.9. The van der Waals surface area contributed by atoms with Crippen LogP contribution in [0.15, 0.2) is 29.8 Å². The Bertz CT molecular complexity index is 1740. The highest BCUT2D eigenvalue weighted by molar-refractivity contribution is 5.99. The van der Waals surface area contributed by atoms with Gasteiger partial charge in [0, 0.05) is 39.2 Å². The van der Waals surface area contributed by atoms with Gasteiger partial charge in [-0.05, 0) is 121 Å². The first-order valence-corrected chi connectivity index (χ1v) is 22.9. The van der Waals surface area contributed by atoms with Gasteiger partial charge in [0.15, 0.2) is 30.0 Å². The maximum atomic E-state index is 15.5. The molecule has 7 rings (SSSR count). The molecule has 19 atom stereocenters. The van der Waals surface area contributed by atoms with Gasteiger partial charge in [-0.1, -0.05) is 26.0 Å². The molecule has 3 unspecified atom stereocenters. The number of fused-ring (bicyclic) bond motifs is 5. The molecule has 13 nitrogen and oxygen atoms in total. The minimum absolute atomic E-state index is 0.0574. The molecule has 3 saturated heterocycles. The summed E-state index contributed by atoms with van der Waals surface area (Å²) in [6, 6.07) is 3.28. The van der Waals surface area contributed by atoms with Gasteiger partial charge in [0.25, 0.3) is 0 Å².